The molecule has 0 radical (unpaired) electrons. The van der Waals surface area contributed by atoms with E-state index in [4.69, 9.17) is 0 Å². The van der Waals surface area contributed by atoms with Gasteiger partial charge in [-0.15, -0.1) is 5.10 Å². The number of nitrogens with one attached hydrogen (secondary N) is 1. The van der Waals surface area contributed by atoms with Gasteiger partial charge in [-0.2, -0.15) is 0 Å². The second-order valence-electron chi connectivity index (χ2n) is 6.48. The van der Waals surface area contributed by atoms with Crippen molar-refractivity contribution in [2.75, 3.05) is 0 Å². The molecule has 2 aromatic rings. The number of aromatic nitrogens is 4. The first-order valence-electron chi connectivity index (χ1n) is 8.52. The number of amides is 1. The molecule has 3 atom stereocenters. The summed E-state index contributed by atoms with van der Waals surface area (Å²) in [5, 5.41) is 24.4. The maximum atomic E-state index is 13.1. The van der Waals surface area contributed by atoms with Gasteiger partial charge in [-0.3, -0.25) is 4.79 Å². The molecule has 25 heavy (non-hydrogen) atoms. The molecule has 3 unspecified atom stereocenters. The maximum Gasteiger partial charge on any atom is 0.245 e. The number of aliphatic hydroxyl groups is 1. The Morgan fingerprint density at radius 3 is 2.72 bits per heavy atom. The van der Waals surface area contributed by atoms with Crippen LogP contribution in [-0.2, 0) is 11.2 Å². The molecule has 1 heterocycles. The van der Waals surface area contributed by atoms with Crippen molar-refractivity contribution >= 4 is 5.91 Å². The summed E-state index contributed by atoms with van der Waals surface area (Å²) in [6.45, 7) is 1.72. The van der Waals surface area contributed by atoms with E-state index in [1.165, 1.54) is 16.8 Å². The Hall–Kier alpha value is -2.35. The van der Waals surface area contributed by atoms with Crippen molar-refractivity contribution in [3.8, 4) is 0 Å². The summed E-state index contributed by atoms with van der Waals surface area (Å²) in [7, 11) is 0. The standard InChI is InChI=1S/C17H22FN5O2/c1-11-20-21-22-23(11)15(10-12-6-8-13(18)9-7-12)17(25)19-14-4-2-3-5-16(14)24/h6-9,14-16,24H,2-5,10H2,1H3,(H,19,25). The molecule has 1 saturated carbocycles. The Labute approximate surface area is 145 Å². The minimum atomic E-state index is -0.658. The van der Waals surface area contributed by atoms with Gasteiger partial charge in [0.1, 0.15) is 17.7 Å². The Morgan fingerprint density at radius 2 is 2.08 bits per heavy atom. The van der Waals surface area contributed by atoms with Gasteiger partial charge in [0.2, 0.25) is 5.91 Å². The molecule has 0 spiro atoms. The van der Waals surface area contributed by atoms with Crippen LogP contribution in [0.5, 0.6) is 0 Å². The first kappa shape index (κ1) is 17.5. The van der Waals surface area contributed by atoms with Crippen molar-refractivity contribution in [2.45, 2.75) is 57.2 Å². The number of carbonyl (C=O) groups is 1. The molecule has 1 aromatic heterocycles. The van der Waals surface area contributed by atoms with E-state index < -0.39 is 12.1 Å². The fourth-order valence-electron chi connectivity index (χ4n) is 3.22. The highest BCUT2D eigenvalue weighted by molar-refractivity contribution is 5.81. The molecule has 1 aromatic carbocycles. The van der Waals surface area contributed by atoms with Crippen molar-refractivity contribution in [1.29, 1.82) is 0 Å². The van der Waals surface area contributed by atoms with Crippen LogP contribution in [0, 0.1) is 12.7 Å². The number of rotatable bonds is 5. The number of hydrogen-bond acceptors (Lipinski definition) is 5. The molecule has 0 saturated heterocycles. The lowest BCUT2D eigenvalue weighted by Crippen LogP contribution is -2.48. The summed E-state index contributed by atoms with van der Waals surface area (Å²) in [6.07, 6.45) is 3.20. The minimum absolute atomic E-state index is 0.245. The first-order valence-corrected chi connectivity index (χ1v) is 8.52. The molecule has 0 aliphatic heterocycles. The molecule has 0 bridgehead atoms. The van der Waals surface area contributed by atoms with E-state index in [1.807, 2.05) is 0 Å². The van der Waals surface area contributed by atoms with Gasteiger partial charge in [0, 0.05) is 6.42 Å². The van der Waals surface area contributed by atoms with Crippen molar-refractivity contribution in [1.82, 2.24) is 25.5 Å². The predicted molar refractivity (Wildman–Crippen MR) is 88.1 cm³/mol. The highest BCUT2D eigenvalue weighted by Gasteiger charge is 2.30. The molecular weight excluding hydrogens is 325 g/mol. The average Bonchev–Trinajstić information content (AvgIpc) is 3.02. The Balaban J connectivity index is 1.79. The molecule has 2 N–H and O–H groups in total. The zero-order valence-corrected chi connectivity index (χ0v) is 14.1. The number of halogens is 1. The van der Waals surface area contributed by atoms with E-state index in [2.05, 4.69) is 20.8 Å². The van der Waals surface area contributed by atoms with Crippen molar-refractivity contribution in [3.63, 3.8) is 0 Å². The molecular formula is C17H22FN5O2. The Bertz CT molecular complexity index is 718. The molecule has 134 valence electrons. The highest BCUT2D eigenvalue weighted by Crippen LogP contribution is 2.21. The normalized spacial score (nSPS) is 21.7. The lowest BCUT2D eigenvalue weighted by Gasteiger charge is -2.30. The quantitative estimate of drug-likeness (QED) is 0.851. The van der Waals surface area contributed by atoms with Crippen LogP contribution in [0.15, 0.2) is 24.3 Å². The van der Waals surface area contributed by atoms with Gasteiger partial charge in [-0.05, 0) is 47.9 Å². The fraction of sp³-hybridized carbons (Fsp3) is 0.529. The predicted octanol–water partition coefficient (Wildman–Crippen LogP) is 1.32. The van der Waals surface area contributed by atoms with Gasteiger partial charge in [0.05, 0.1) is 12.1 Å². The van der Waals surface area contributed by atoms with Gasteiger partial charge in [0.15, 0.2) is 0 Å². The van der Waals surface area contributed by atoms with E-state index in [9.17, 15) is 14.3 Å². The zero-order chi connectivity index (χ0) is 17.8. The van der Waals surface area contributed by atoms with Gasteiger partial charge in [-0.1, -0.05) is 25.0 Å². The Kier molecular flexibility index (Phi) is 5.37. The van der Waals surface area contributed by atoms with Crippen LogP contribution in [0.3, 0.4) is 0 Å². The minimum Gasteiger partial charge on any atom is -0.391 e. The van der Waals surface area contributed by atoms with E-state index in [0.717, 1.165) is 24.8 Å². The molecule has 7 nitrogen and oxygen atoms in total. The monoisotopic (exact) mass is 347 g/mol. The van der Waals surface area contributed by atoms with E-state index >= 15 is 0 Å². The van der Waals surface area contributed by atoms with Crippen molar-refractivity contribution in [3.05, 3.63) is 41.5 Å². The lowest BCUT2D eigenvalue weighted by molar-refractivity contribution is -0.126. The second-order valence-corrected chi connectivity index (χ2v) is 6.48. The number of tetrazole rings is 1. The van der Waals surface area contributed by atoms with Gasteiger partial charge >= 0.3 is 0 Å². The molecule has 1 fully saturated rings. The van der Waals surface area contributed by atoms with Crippen LogP contribution in [-0.4, -0.2) is 43.4 Å². The molecule has 1 aliphatic rings. The van der Waals surface area contributed by atoms with Gasteiger partial charge < -0.3 is 10.4 Å². The van der Waals surface area contributed by atoms with Crippen LogP contribution in [0.4, 0.5) is 4.39 Å². The summed E-state index contributed by atoms with van der Waals surface area (Å²) in [4.78, 5) is 12.9. The summed E-state index contributed by atoms with van der Waals surface area (Å²) >= 11 is 0. The third-order valence-corrected chi connectivity index (χ3v) is 4.65. The zero-order valence-electron chi connectivity index (χ0n) is 14.1. The van der Waals surface area contributed by atoms with Crippen LogP contribution in [0.2, 0.25) is 0 Å². The van der Waals surface area contributed by atoms with Crippen LogP contribution < -0.4 is 5.32 Å². The van der Waals surface area contributed by atoms with Crippen LogP contribution >= 0.6 is 0 Å². The van der Waals surface area contributed by atoms with Crippen molar-refractivity contribution in [2.24, 2.45) is 0 Å². The number of carbonyl (C=O) groups excluding carboxylic acids is 1. The fourth-order valence-corrected chi connectivity index (χ4v) is 3.22. The number of nitrogens with zero attached hydrogens (tertiary/aromatic N) is 4. The lowest BCUT2D eigenvalue weighted by atomic mass is 9.92. The number of aliphatic hydroxyl groups excluding tert-OH is 1. The van der Waals surface area contributed by atoms with Gasteiger partial charge in [-0.25, -0.2) is 9.07 Å². The largest absolute Gasteiger partial charge is 0.391 e. The van der Waals surface area contributed by atoms with E-state index in [-0.39, 0.29) is 17.8 Å². The average molecular weight is 347 g/mol. The molecule has 1 aliphatic carbocycles. The van der Waals surface area contributed by atoms with E-state index in [1.54, 1.807) is 19.1 Å². The first-order chi connectivity index (χ1) is 12.0. The van der Waals surface area contributed by atoms with Crippen molar-refractivity contribution < 1.29 is 14.3 Å². The summed E-state index contributed by atoms with van der Waals surface area (Å²) in [6, 6.07) is 5.10. The molecule has 8 heteroatoms. The number of benzene rings is 1. The SMILES string of the molecule is Cc1nnnn1C(Cc1ccc(F)cc1)C(=O)NC1CCCCC1O. The molecule has 3 rings (SSSR count). The summed E-state index contributed by atoms with van der Waals surface area (Å²) in [5.41, 5.74) is 0.806. The third-order valence-electron chi connectivity index (χ3n) is 4.65. The number of aryl methyl sites for hydroxylation is 1. The smallest absolute Gasteiger partial charge is 0.245 e. The third kappa shape index (κ3) is 4.19. The Morgan fingerprint density at radius 1 is 1.36 bits per heavy atom. The highest BCUT2D eigenvalue weighted by atomic mass is 19.1. The summed E-state index contributed by atoms with van der Waals surface area (Å²) < 4.78 is 14.6. The summed E-state index contributed by atoms with van der Waals surface area (Å²) in [5.74, 6) is -0.0502. The topological polar surface area (TPSA) is 92.9 Å². The van der Waals surface area contributed by atoms with Gasteiger partial charge in [0.25, 0.3) is 0 Å². The molecule has 1 amide bonds. The maximum absolute atomic E-state index is 13.1. The van der Waals surface area contributed by atoms with Crippen LogP contribution in [0.25, 0.3) is 0 Å². The van der Waals surface area contributed by atoms with Crippen LogP contribution in [0.1, 0.15) is 43.1 Å². The second kappa shape index (κ2) is 7.69. The van der Waals surface area contributed by atoms with E-state index in [0.29, 0.717) is 18.7 Å². The number of hydrogen-bond donors (Lipinski definition) is 2.